The number of pyridine rings is 1. The lowest BCUT2D eigenvalue weighted by Crippen LogP contribution is -2.47. The van der Waals surface area contributed by atoms with Crippen molar-refractivity contribution < 1.29 is 17.9 Å². The first kappa shape index (κ1) is 18.3. The minimum Gasteiger partial charge on any atom is -0.384 e. The summed E-state index contributed by atoms with van der Waals surface area (Å²) in [6.07, 6.45) is 6.08. The van der Waals surface area contributed by atoms with Gasteiger partial charge in [0.05, 0.1) is 18.4 Å². The van der Waals surface area contributed by atoms with E-state index in [2.05, 4.69) is 4.98 Å². The molecular formula is C17H25N3O4S. The van der Waals surface area contributed by atoms with Crippen LogP contribution in [0.1, 0.15) is 23.2 Å². The van der Waals surface area contributed by atoms with E-state index in [1.165, 1.54) is 6.26 Å². The minimum atomic E-state index is -3.21. The number of methoxy groups -OCH3 is 1. The van der Waals surface area contributed by atoms with E-state index in [0.717, 1.165) is 12.8 Å². The van der Waals surface area contributed by atoms with Crippen LogP contribution in [0, 0.1) is 11.3 Å². The van der Waals surface area contributed by atoms with Gasteiger partial charge in [0.2, 0.25) is 10.0 Å². The summed E-state index contributed by atoms with van der Waals surface area (Å²) in [5.74, 6) is 0.159. The fraction of sp³-hybridized carbons (Fsp3) is 0.647. The molecule has 2 aliphatic rings. The smallest absolute Gasteiger partial charge is 0.255 e. The molecule has 0 N–H and O–H groups in total. The van der Waals surface area contributed by atoms with Gasteiger partial charge in [-0.15, -0.1) is 0 Å². The number of carbonyl (C=O) groups is 1. The predicted molar refractivity (Wildman–Crippen MR) is 93.6 cm³/mol. The van der Waals surface area contributed by atoms with Crippen molar-refractivity contribution in [3.8, 4) is 0 Å². The molecule has 2 saturated heterocycles. The van der Waals surface area contributed by atoms with Crippen molar-refractivity contribution in [2.45, 2.75) is 12.8 Å². The average Bonchev–Trinajstić information content (AvgIpc) is 2.95. The molecular weight excluding hydrogens is 342 g/mol. The van der Waals surface area contributed by atoms with Crippen LogP contribution in [0.4, 0.5) is 0 Å². The summed E-state index contributed by atoms with van der Waals surface area (Å²) in [5, 5.41) is 0. The number of rotatable bonds is 4. The van der Waals surface area contributed by atoms with E-state index in [-0.39, 0.29) is 17.2 Å². The van der Waals surface area contributed by atoms with Gasteiger partial charge in [-0.25, -0.2) is 12.7 Å². The van der Waals surface area contributed by atoms with Gasteiger partial charge in [-0.3, -0.25) is 9.78 Å². The summed E-state index contributed by atoms with van der Waals surface area (Å²) in [6, 6.07) is 3.53. The van der Waals surface area contributed by atoms with Gasteiger partial charge in [-0.1, -0.05) is 0 Å². The molecule has 0 bridgehead atoms. The second kappa shape index (κ2) is 7.01. The number of nitrogens with zero attached hydrogens (tertiary/aromatic N) is 3. The van der Waals surface area contributed by atoms with Crippen molar-refractivity contribution in [2.75, 3.05) is 46.2 Å². The van der Waals surface area contributed by atoms with E-state index >= 15 is 0 Å². The van der Waals surface area contributed by atoms with E-state index in [9.17, 15) is 13.2 Å². The Morgan fingerprint density at radius 1 is 1.40 bits per heavy atom. The van der Waals surface area contributed by atoms with Crippen molar-refractivity contribution in [3.63, 3.8) is 0 Å². The number of piperidine rings is 1. The number of carbonyl (C=O) groups excluding carboxylic acids is 1. The number of hydrogen-bond donors (Lipinski definition) is 0. The SMILES string of the molecule is COCC1CN(S(C)(=O)=O)CC12CCN(C(=O)c1cccnc1)CC2. The molecule has 0 aromatic carbocycles. The number of aromatic nitrogens is 1. The molecule has 0 radical (unpaired) electrons. The highest BCUT2D eigenvalue weighted by molar-refractivity contribution is 7.88. The standard InChI is InChI=1S/C17H25N3O4S/c1-24-12-15-11-20(25(2,22)23)13-17(15)5-8-19(9-6-17)16(21)14-4-3-7-18-10-14/h3-4,7,10,15H,5-6,8-9,11-13H2,1-2H3. The lowest BCUT2D eigenvalue weighted by molar-refractivity contribution is 0.0327. The first-order valence-corrected chi connectivity index (χ1v) is 10.3. The van der Waals surface area contributed by atoms with Gasteiger partial charge in [0.25, 0.3) is 5.91 Å². The van der Waals surface area contributed by atoms with Crippen LogP contribution in [-0.2, 0) is 14.8 Å². The normalized spacial score (nSPS) is 23.9. The fourth-order valence-electron chi connectivity index (χ4n) is 4.06. The highest BCUT2D eigenvalue weighted by Gasteiger charge is 2.50. The monoisotopic (exact) mass is 367 g/mol. The maximum Gasteiger partial charge on any atom is 0.255 e. The van der Waals surface area contributed by atoms with Gasteiger partial charge in [0.15, 0.2) is 0 Å². The van der Waals surface area contributed by atoms with Crippen LogP contribution < -0.4 is 0 Å². The second-order valence-electron chi connectivity index (χ2n) is 7.10. The molecule has 25 heavy (non-hydrogen) atoms. The lowest BCUT2D eigenvalue weighted by Gasteiger charge is -2.42. The Morgan fingerprint density at radius 3 is 2.68 bits per heavy atom. The molecule has 1 aromatic rings. The number of likely N-dealkylation sites (tertiary alicyclic amines) is 1. The van der Waals surface area contributed by atoms with Crippen LogP contribution in [0.15, 0.2) is 24.5 Å². The maximum absolute atomic E-state index is 12.6. The molecule has 138 valence electrons. The zero-order valence-electron chi connectivity index (χ0n) is 14.7. The highest BCUT2D eigenvalue weighted by Crippen LogP contribution is 2.45. The first-order valence-electron chi connectivity index (χ1n) is 8.49. The molecule has 1 amide bonds. The van der Waals surface area contributed by atoms with E-state index in [4.69, 9.17) is 4.74 Å². The largest absolute Gasteiger partial charge is 0.384 e. The molecule has 0 aliphatic carbocycles. The molecule has 8 heteroatoms. The summed E-state index contributed by atoms with van der Waals surface area (Å²) in [5.41, 5.74) is 0.487. The molecule has 1 atom stereocenters. The van der Waals surface area contributed by atoms with E-state index in [1.807, 2.05) is 4.90 Å². The third kappa shape index (κ3) is 3.70. The van der Waals surface area contributed by atoms with Crippen LogP contribution in [0.2, 0.25) is 0 Å². The summed E-state index contributed by atoms with van der Waals surface area (Å²) >= 11 is 0. The Kier molecular flexibility index (Phi) is 5.13. The van der Waals surface area contributed by atoms with Crippen molar-refractivity contribution >= 4 is 15.9 Å². The molecule has 1 unspecified atom stereocenters. The Balaban J connectivity index is 1.71. The molecule has 2 aliphatic heterocycles. The number of ether oxygens (including phenoxy) is 1. The Bertz CT molecular complexity index is 715. The quantitative estimate of drug-likeness (QED) is 0.788. The van der Waals surface area contributed by atoms with Crippen LogP contribution in [0.3, 0.4) is 0 Å². The summed E-state index contributed by atoms with van der Waals surface area (Å²) < 4.78 is 30.9. The van der Waals surface area contributed by atoms with Gasteiger partial charge < -0.3 is 9.64 Å². The van der Waals surface area contributed by atoms with E-state index < -0.39 is 10.0 Å². The van der Waals surface area contributed by atoms with Crippen LogP contribution in [0.25, 0.3) is 0 Å². The second-order valence-corrected chi connectivity index (χ2v) is 9.09. The summed E-state index contributed by atoms with van der Waals surface area (Å²) in [4.78, 5) is 18.4. The zero-order valence-corrected chi connectivity index (χ0v) is 15.5. The molecule has 1 aromatic heterocycles. The van der Waals surface area contributed by atoms with Crippen molar-refractivity contribution in [1.82, 2.24) is 14.2 Å². The average molecular weight is 367 g/mol. The van der Waals surface area contributed by atoms with Gasteiger partial charge in [0, 0.05) is 51.6 Å². The predicted octanol–water partition coefficient (Wildman–Crippen LogP) is 0.842. The van der Waals surface area contributed by atoms with Crippen LogP contribution >= 0.6 is 0 Å². The third-order valence-corrected chi connectivity index (χ3v) is 6.79. The fourth-order valence-corrected chi connectivity index (χ4v) is 5.00. The molecule has 0 saturated carbocycles. The minimum absolute atomic E-state index is 0.00999. The van der Waals surface area contributed by atoms with Gasteiger partial charge >= 0.3 is 0 Å². The van der Waals surface area contributed by atoms with Gasteiger partial charge in [0.1, 0.15) is 0 Å². The zero-order chi connectivity index (χ0) is 18.1. The van der Waals surface area contributed by atoms with Crippen LogP contribution in [0.5, 0.6) is 0 Å². The molecule has 2 fully saturated rings. The molecule has 7 nitrogen and oxygen atoms in total. The van der Waals surface area contributed by atoms with Crippen LogP contribution in [-0.4, -0.2) is 74.7 Å². The van der Waals surface area contributed by atoms with E-state index in [0.29, 0.717) is 38.3 Å². The van der Waals surface area contributed by atoms with Crippen molar-refractivity contribution in [1.29, 1.82) is 0 Å². The molecule has 3 heterocycles. The van der Waals surface area contributed by atoms with E-state index in [1.54, 1.807) is 35.9 Å². The molecule has 1 spiro atoms. The van der Waals surface area contributed by atoms with Crippen molar-refractivity contribution in [3.05, 3.63) is 30.1 Å². The number of hydrogen-bond acceptors (Lipinski definition) is 5. The first-order chi connectivity index (χ1) is 11.9. The van der Waals surface area contributed by atoms with Gasteiger partial charge in [-0.05, 0) is 30.4 Å². The maximum atomic E-state index is 12.6. The number of sulfonamides is 1. The van der Waals surface area contributed by atoms with Crippen molar-refractivity contribution in [2.24, 2.45) is 11.3 Å². The Labute approximate surface area is 149 Å². The summed E-state index contributed by atoms with van der Waals surface area (Å²) in [6.45, 7) is 2.83. The topological polar surface area (TPSA) is 79.8 Å². The Hall–Kier alpha value is -1.51. The lowest BCUT2D eigenvalue weighted by atomic mass is 9.71. The number of amides is 1. The molecule has 3 rings (SSSR count). The highest BCUT2D eigenvalue weighted by atomic mass is 32.2. The Morgan fingerprint density at radius 2 is 2.12 bits per heavy atom. The summed E-state index contributed by atoms with van der Waals surface area (Å²) in [7, 11) is -1.56. The van der Waals surface area contributed by atoms with Gasteiger partial charge in [-0.2, -0.15) is 0 Å². The third-order valence-electron chi connectivity index (χ3n) is 5.57.